The van der Waals surface area contributed by atoms with Gasteiger partial charge in [-0.15, -0.1) is 11.6 Å². The van der Waals surface area contributed by atoms with Crippen LogP contribution in [0.1, 0.15) is 18.4 Å². The first-order chi connectivity index (χ1) is 7.57. The maximum absolute atomic E-state index is 5.99. The van der Waals surface area contributed by atoms with Crippen molar-refractivity contribution in [3.05, 3.63) is 31.7 Å². The van der Waals surface area contributed by atoms with Gasteiger partial charge in [0.2, 0.25) is 0 Å². The van der Waals surface area contributed by atoms with Crippen molar-refractivity contribution in [2.24, 2.45) is 0 Å². The summed E-state index contributed by atoms with van der Waals surface area (Å²) in [6.07, 6.45) is 1.52. The second kappa shape index (κ2) is 6.84. The number of hydrogen-bond acceptors (Lipinski definition) is 0. The molecule has 0 fully saturated rings. The molecule has 0 heterocycles. The molecule has 1 rings (SSSR count). The molecule has 0 amide bonds. The number of rotatable bonds is 2. The Morgan fingerprint density at radius 3 is 2.31 bits per heavy atom. The summed E-state index contributed by atoms with van der Waals surface area (Å²) in [7, 11) is 0. The SMILES string of the molecule is ClCCCC#Cc1c(Cl)cc(Cl)c(Cl)c1Cl. The summed E-state index contributed by atoms with van der Waals surface area (Å²) in [5.74, 6) is 6.38. The highest BCUT2D eigenvalue weighted by atomic mass is 35.5. The second-order valence-electron chi connectivity index (χ2n) is 2.94. The zero-order valence-electron chi connectivity index (χ0n) is 8.09. The molecule has 1 aromatic rings. The highest BCUT2D eigenvalue weighted by Crippen LogP contribution is 2.36. The molecule has 0 saturated carbocycles. The van der Waals surface area contributed by atoms with Gasteiger partial charge < -0.3 is 0 Å². The van der Waals surface area contributed by atoms with Gasteiger partial charge in [0.1, 0.15) is 0 Å². The minimum Gasteiger partial charge on any atom is -0.127 e. The summed E-state index contributed by atoms with van der Waals surface area (Å²) in [6.45, 7) is 0. The van der Waals surface area contributed by atoms with Gasteiger partial charge >= 0.3 is 0 Å². The van der Waals surface area contributed by atoms with Crippen molar-refractivity contribution >= 4 is 58.0 Å². The molecule has 0 aromatic heterocycles. The highest BCUT2D eigenvalue weighted by Gasteiger charge is 2.11. The van der Waals surface area contributed by atoms with E-state index >= 15 is 0 Å². The Morgan fingerprint density at radius 1 is 1.00 bits per heavy atom. The van der Waals surface area contributed by atoms with E-state index in [1.165, 1.54) is 6.07 Å². The first-order valence-corrected chi connectivity index (χ1v) is 6.50. The summed E-state index contributed by atoms with van der Waals surface area (Å²) >= 11 is 29.2. The number of benzene rings is 1. The molecule has 0 spiro atoms. The normalized spacial score (nSPS) is 9.81. The van der Waals surface area contributed by atoms with Crippen LogP contribution in [0.3, 0.4) is 0 Å². The first kappa shape index (κ1) is 14.3. The molecule has 16 heavy (non-hydrogen) atoms. The molecule has 0 aliphatic heterocycles. The van der Waals surface area contributed by atoms with E-state index in [2.05, 4.69) is 11.8 Å². The standard InChI is InChI=1S/C11H7Cl5/c12-5-3-1-2-4-7-8(13)6-9(14)11(16)10(7)15/h6H,1,3,5H2. The predicted octanol–water partition coefficient (Wildman–Crippen LogP) is 5.67. The smallest absolute Gasteiger partial charge is 0.0792 e. The molecule has 0 radical (unpaired) electrons. The fourth-order valence-electron chi connectivity index (χ4n) is 0.987. The Balaban J connectivity index is 3.03. The fraction of sp³-hybridized carbons (Fsp3) is 0.273. The van der Waals surface area contributed by atoms with Gasteiger partial charge in [-0.1, -0.05) is 58.2 Å². The van der Waals surface area contributed by atoms with Crippen molar-refractivity contribution in [3.8, 4) is 11.8 Å². The third kappa shape index (κ3) is 3.62. The highest BCUT2D eigenvalue weighted by molar-refractivity contribution is 6.49. The number of halogens is 5. The lowest BCUT2D eigenvalue weighted by atomic mass is 10.2. The summed E-state index contributed by atoms with van der Waals surface area (Å²) in [5.41, 5.74) is 0.507. The van der Waals surface area contributed by atoms with Crippen LogP contribution >= 0.6 is 58.0 Å². The third-order valence-corrected chi connectivity index (χ3v) is 3.59. The Hall–Kier alpha value is 0.230. The Labute approximate surface area is 120 Å². The van der Waals surface area contributed by atoms with E-state index < -0.39 is 0 Å². The van der Waals surface area contributed by atoms with Gasteiger partial charge in [0.05, 0.1) is 25.7 Å². The second-order valence-corrected chi connectivity index (χ2v) is 4.89. The Morgan fingerprint density at radius 2 is 1.69 bits per heavy atom. The van der Waals surface area contributed by atoms with E-state index in [0.29, 0.717) is 27.9 Å². The molecule has 1 aromatic carbocycles. The molecule has 0 atom stereocenters. The number of unbranched alkanes of at least 4 members (excludes halogenated alkanes) is 1. The maximum Gasteiger partial charge on any atom is 0.0792 e. The van der Waals surface area contributed by atoms with E-state index in [-0.39, 0.29) is 10.0 Å². The lowest BCUT2D eigenvalue weighted by Gasteiger charge is -2.03. The van der Waals surface area contributed by atoms with E-state index in [4.69, 9.17) is 58.0 Å². The molecule has 0 aliphatic carbocycles. The first-order valence-electron chi connectivity index (χ1n) is 4.45. The topological polar surface area (TPSA) is 0 Å². The predicted molar refractivity (Wildman–Crippen MR) is 73.3 cm³/mol. The molecule has 0 aliphatic rings. The van der Waals surface area contributed by atoms with Gasteiger partial charge in [0.25, 0.3) is 0 Å². The van der Waals surface area contributed by atoms with Crippen molar-refractivity contribution in [1.29, 1.82) is 0 Å². The van der Waals surface area contributed by atoms with Gasteiger partial charge in [0, 0.05) is 12.3 Å². The van der Waals surface area contributed by atoms with Crippen LogP contribution in [0, 0.1) is 11.8 Å². The Kier molecular flexibility index (Phi) is 6.11. The van der Waals surface area contributed by atoms with Crippen LogP contribution in [0.25, 0.3) is 0 Å². The molecule has 0 saturated heterocycles. The molecule has 0 N–H and O–H groups in total. The number of hydrogen-bond donors (Lipinski definition) is 0. The summed E-state index contributed by atoms with van der Waals surface area (Å²) in [4.78, 5) is 0. The maximum atomic E-state index is 5.99. The molecule has 0 bridgehead atoms. The van der Waals surface area contributed by atoms with Crippen molar-refractivity contribution in [1.82, 2.24) is 0 Å². The monoisotopic (exact) mass is 314 g/mol. The lowest BCUT2D eigenvalue weighted by molar-refractivity contribution is 0.991. The van der Waals surface area contributed by atoms with Crippen molar-refractivity contribution in [2.45, 2.75) is 12.8 Å². The van der Waals surface area contributed by atoms with E-state index in [1.54, 1.807) is 0 Å². The summed E-state index contributed by atoms with van der Waals surface area (Å²) in [6, 6.07) is 1.53. The van der Waals surface area contributed by atoms with Crippen LogP contribution in [-0.4, -0.2) is 5.88 Å². The van der Waals surface area contributed by atoms with Gasteiger partial charge in [0.15, 0.2) is 0 Å². The minimum absolute atomic E-state index is 0.273. The van der Waals surface area contributed by atoms with Gasteiger partial charge in [-0.2, -0.15) is 0 Å². The van der Waals surface area contributed by atoms with Crippen LogP contribution in [0.5, 0.6) is 0 Å². The largest absolute Gasteiger partial charge is 0.127 e. The number of alkyl halides is 1. The minimum atomic E-state index is 0.273. The zero-order valence-corrected chi connectivity index (χ0v) is 11.9. The summed E-state index contributed by atoms with van der Waals surface area (Å²) in [5, 5.41) is 1.28. The van der Waals surface area contributed by atoms with Crippen LogP contribution in [0.15, 0.2) is 6.07 Å². The van der Waals surface area contributed by atoms with Crippen molar-refractivity contribution in [2.75, 3.05) is 5.88 Å². The van der Waals surface area contributed by atoms with Crippen LogP contribution in [0.4, 0.5) is 0 Å². The fourth-order valence-corrected chi connectivity index (χ4v) is 2.13. The van der Waals surface area contributed by atoms with Gasteiger partial charge in [-0.05, 0) is 12.5 Å². The lowest BCUT2D eigenvalue weighted by Crippen LogP contribution is -1.83. The molecule has 0 unspecified atom stereocenters. The van der Waals surface area contributed by atoms with Crippen molar-refractivity contribution < 1.29 is 0 Å². The average Bonchev–Trinajstić information content (AvgIpc) is 2.25. The molecular weight excluding hydrogens is 309 g/mol. The van der Waals surface area contributed by atoms with Gasteiger partial charge in [-0.3, -0.25) is 0 Å². The molecule has 86 valence electrons. The molecule has 5 heteroatoms. The average molecular weight is 316 g/mol. The van der Waals surface area contributed by atoms with Crippen LogP contribution in [0.2, 0.25) is 20.1 Å². The third-order valence-electron chi connectivity index (χ3n) is 1.76. The molecular formula is C11H7Cl5. The molecule has 0 nitrogen and oxygen atoms in total. The van der Waals surface area contributed by atoms with E-state index in [9.17, 15) is 0 Å². The van der Waals surface area contributed by atoms with E-state index in [1.807, 2.05) is 0 Å². The van der Waals surface area contributed by atoms with Crippen molar-refractivity contribution in [3.63, 3.8) is 0 Å². The Bertz CT molecular complexity index is 442. The summed E-state index contributed by atoms with van der Waals surface area (Å²) < 4.78 is 0. The van der Waals surface area contributed by atoms with Gasteiger partial charge in [-0.25, -0.2) is 0 Å². The zero-order chi connectivity index (χ0) is 12.1. The van der Waals surface area contributed by atoms with E-state index in [0.717, 1.165) is 6.42 Å². The quantitative estimate of drug-likeness (QED) is 0.217. The van der Waals surface area contributed by atoms with Crippen LogP contribution in [-0.2, 0) is 0 Å². The van der Waals surface area contributed by atoms with Crippen LogP contribution < -0.4 is 0 Å².